The Morgan fingerprint density at radius 2 is 1.81 bits per heavy atom. The second-order valence-electron chi connectivity index (χ2n) is 5.23. The zero-order chi connectivity index (χ0) is 19.1. The SMILES string of the molecule is COc1cc(/C=N/NC(=O)c2ccc(NC(C)=O)cc2OC)ccc1O. The van der Waals surface area contributed by atoms with Gasteiger partial charge in [0.05, 0.1) is 26.0 Å². The fraction of sp³-hybridized carbons (Fsp3) is 0.167. The molecule has 0 unspecified atom stereocenters. The number of hydrazone groups is 1. The minimum absolute atomic E-state index is 0.0117. The lowest BCUT2D eigenvalue weighted by atomic mass is 10.1. The van der Waals surface area contributed by atoms with Gasteiger partial charge in [-0.1, -0.05) is 0 Å². The van der Waals surface area contributed by atoms with Gasteiger partial charge in [0.2, 0.25) is 5.91 Å². The highest BCUT2D eigenvalue weighted by atomic mass is 16.5. The number of methoxy groups -OCH3 is 2. The van der Waals surface area contributed by atoms with Crippen LogP contribution in [0.2, 0.25) is 0 Å². The summed E-state index contributed by atoms with van der Waals surface area (Å²) in [5.41, 5.74) is 3.81. The van der Waals surface area contributed by atoms with Crippen LogP contribution in [-0.4, -0.2) is 37.4 Å². The molecule has 0 aliphatic rings. The maximum atomic E-state index is 12.3. The number of amides is 2. The van der Waals surface area contributed by atoms with Crippen molar-refractivity contribution in [2.75, 3.05) is 19.5 Å². The van der Waals surface area contributed by atoms with E-state index in [9.17, 15) is 14.7 Å². The Labute approximate surface area is 150 Å². The van der Waals surface area contributed by atoms with Crippen LogP contribution in [0.4, 0.5) is 5.69 Å². The third-order valence-corrected chi connectivity index (χ3v) is 3.35. The van der Waals surface area contributed by atoms with Crippen molar-refractivity contribution in [2.24, 2.45) is 5.10 Å². The van der Waals surface area contributed by atoms with Crippen molar-refractivity contribution in [3.05, 3.63) is 47.5 Å². The summed E-state index contributed by atoms with van der Waals surface area (Å²) in [7, 11) is 2.87. The number of benzene rings is 2. The van der Waals surface area contributed by atoms with Crippen molar-refractivity contribution in [1.82, 2.24) is 5.43 Å². The predicted octanol–water partition coefficient (Wildman–Crippen LogP) is 2.13. The monoisotopic (exact) mass is 357 g/mol. The van der Waals surface area contributed by atoms with Crippen molar-refractivity contribution < 1.29 is 24.2 Å². The zero-order valence-corrected chi connectivity index (χ0v) is 14.6. The molecule has 0 radical (unpaired) electrons. The number of carbonyl (C=O) groups is 2. The molecule has 26 heavy (non-hydrogen) atoms. The van der Waals surface area contributed by atoms with E-state index in [0.29, 0.717) is 22.7 Å². The molecule has 0 saturated heterocycles. The van der Waals surface area contributed by atoms with Crippen LogP contribution < -0.4 is 20.2 Å². The summed E-state index contributed by atoms with van der Waals surface area (Å²) < 4.78 is 10.2. The lowest BCUT2D eigenvalue weighted by Crippen LogP contribution is -2.18. The molecular weight excluding hydrogens is 338 g/mol. The molecule has 0 bridgehead atoms. The van der Waals surface area contributed by atoms with Crippen molar-refractivity contribution in [3.8, 4) is 17.2 Å². The molecule has 0 atom stereocenters. The standard InChI is InChI=1S/C18H19N3O5/c1-11(22)20-13-5-6-14(16(9-13)25-2)18(24)21-19-10-12-4-7-15(23)17(8-12)26-3/h4-10,23H,1-3H3,(H,20,22)(H,21,24)/b19-10+. The molecule has 2 aromatic rings. The second-order valence-corrected chi connectivity index (χ2v) is 5.23. The second kappa shape index (κ2) is 8.52. The molecule has 0 saturated carbocycles. The Balaban J connectivity index is 2.11. The predicted molar refractivity (Wildman–Crippen MR) is 97.0 cm³/mol. The van der Waals surface area contributed by atoms with Gasteiger partial charge in [-0.05, 0) is 35.9 Å². The summed E-state index contributed by atoms with van der Waals surface area (Å²) in [6, 6.07) is 9.33. The Morgan fingerprint density at radius 1 is 1.08 bits per heavy atom. The number of nitrogens with zero attached hydrogens (tertiary/aromatic N) is 1. The number of carbonyl (C=O) groups excluding carboxylic acids is 2. The van der Waals surface area contributed by atoms with Crippen LogP contribution in [0, 0.1) is 0 Å². The first-order valence-corrected chi connectivity index (χ1v) is 7.60. The highest BCUT2D eigenvalue weighted by Gasteiger charge is 2.12. The number of anilines is 1. The molecule has 2 amide bonds. The van der Waals surface area contributed by atoms with Crippen molar-refractivity contribution in [1.29, 1.82) is 0 Å². The van der Waals surface area contributed by atoms with E-state index in [-0.39, 0.29) is 17.2 Å². The summed E-state index contributed by atoms with van der Waals surface area (Å²) in [6.45, 7) is 1.39. The van der Waals surface area contributed by atoms with Gasteiger partial charge in [0, 0.05) is 18.7 Å². The number of rotatable bonds is 6. The maximum absolute atomic E-state index is 12.3. The normalized spacial score (nSPS) is 10.4. The summed E-state index contributed by atoms with van der Waals surface area (Å²) in [4.78, 5) is 23.4. The number of ether oxygens (including phenoxy) is 2. The molecule has 136 valence electrons. The van der Waals surface area contributed by atoms with Gasteiger partial charge in [-0.25, -0.2) is 5.43 Å². The highest BCUT2D eigenvalue weighted by Crippen LogP contribution is 2.25. The number of phenolic OH excluding ortho intramolecular Hbond substituents is 1. The van der Waals surface area contributed by atoms with Crippen LogP contribution >= 0.6 is 0 Å². The molecule has 0 aliphatic carbocycles. The van der Waals surface area contributed by atoms with Gasteiger partial charge in [-0.2, -0.15) is 5.10 Å². The fourth-order valence-electron chi connectivity index (χ4n) is 2.16. The molecule has 2 aromatic carbocycles. The lowest BCUT2D eigenvalue weighted by molar-refractivity contribution is -0.114. The first-order chi connectivity index (χ1) is 12.4. The van der Waals surface area contributed by atoms with Crippen LogP contribution in [-0.2, 0) is 4.79 Å². The number of hydrogen-bond donors (Lipinski definition) is 3. The van der Waals surface area contributed by atoms with Gasteiger partial charge in [0.1, 0.15) is 5.75 Å². The summed E-state index contributed by atoms with van der Waals surface area (Å²) in [5.74, 6) is -0.0835. The fourth-order valence-corrected chi connectivity index (χ4v) is 2.16. The van der Waals surface area contributed by atoms with E-state index in [0.717, 1.165) is 0 Å². The molecular formula is C18H19N3O5. The van der Waals surface area contributed by atoms with Crippen LogP contribution in [0.1, 0.15) is 22.8 Å². The third kappa shape index (κ3) is 4.73. The van der Waals surface area contributed by atoms with E-state index in [4.69, 9.17) is 9.47 Å². The Hall–Kier alpha value is -3.55. The Bertz CT molecular complexity index is 849. The lowest BCUT2D eigenvalue weighted by Gasteiger charge is -2.10. The topological polar surface area (TPSA) is 109 Å². The summed E-state index contributed by atoms with van der Waals surface area (Å²) >= 11 is 0. The van der Waals surface area contributed by atoms with E-state index < -0.39 is 5.91 Å². The number of aromatic hydroxyl groups is 1. The molecule has 8 heteroatoms. The van der Waals surface area contributed by atoms with Crippen LogP contribution in [0.15, 0.2) is 41.5 Å². The molecule has 3 N–H and O–H groups in total. The quantitative estimate of drug-likeness (QED) is 0.542. The van der Waals surface area contributed by atoms with Crippen molar-refractivity contribution >= 4 is 23.7 Å². The van der Waals surface area contributed by atoms with E-state index >= 15 is 0 Å². The average Bonchev–Trinajstić information content (AvgIpc) is 2.62. The van der Waals surface area contributed by atoms with Gasteiger partial charge < -0.3 is 19.9 Å². The first-order valence-electron chi connectivity index (χ1n) is 7.60. The average molecular weight is 357 g/mol. The number of nitrogens with one attached hydrogen (secondary N) is 2. The highest BCUT2D eigenvalue weighted by molar-refractivity contribution is 5.98. The molecule has 8 nitrogen and oxygen atoms in total. The minimum atomic E-state index is -0.474. The van der Waals surface area contributed by atoms with Crippen molar-refractivity contribution in [2.45, 2.75) is 6.92 Å². The Kier molecular flexibility index (Phi) is 6.15. The molecule has 2 rings (SSSR count). The molecule has 0 aromatic heterocycles. The molecule has 0 fully saturated rings. The molecule has 0 heterocycles. The van der Waals surface area contributed by atoms with Gasteiger partial charge in [0.15, 0.2) is 11.5 Å². The van der Waals surface area contributed by atoms with E-state index in [1.165, 1.54) is 39.5 Å². The smallest absolute Gasteiger partial charge is 0.275 e. The number of phenols is 1. The van der Waals surface area contributed by atoms with Gasteiger partial charge >= 0.3 is 0 Å². The minimum Gasteiger partial charge on any atom is -0.504 e. The van der Waals surface area contributed by atoms with E-state index in [1.807, 2.05) is 0 Å². The Morgan fingerprint density at radius 3 is 2.46 bits per heavy atom. The largest absolute Gasteiger partial charge is 0.504 e. The molecule has 0 aliphatic heterocycles. The summed E-state index contributed by atoms with van der Waals surface area (Å²) in [6.07, 6.45) is 1.41. The van der Waals surface area contributed by atoms with Crippen LogP contribution in [0.25, 0.3) is 0 Å². The van der Waals surface area contributed by atoms with E-state index in [1.54, 1.807) is 24.3 Å². The van der Waals surface area contributed by atoms with Crippen LogP contribution in [0.3, 0.4) is 0 Å². The molecule has 0 spiro atoms. The van der Waals surface area contributed by atoms with E-state index in [2.05, 4.69) is 15.8 Å². The summed E-state index contributed by atoms with van der Waals surface area (Å²) in [5, 5.41) is 16.0. The zero-order valence-electron chi connectivity index (χ0n) is 14.6. The van der Waals surface area contributed by atoms with Crippen LogP contribution in [0.5, 0.6) is 17.2 Å². The van der Waals surface area contributed by atoms with Crippen molar-refractivity contribution in [3.63, 3.8) is 0 Å². The van der Waals surface area contributed by atoms with Gasteiger partial charge in [-0.15, -0.1) is 0 Å². The maximum Gasteiger partial charge on any atom is 0.275 e. The number of hydrogen-bond acceptors (Lipinski definition) is 6. The third-order valence-electron chi connectivity index (χ3n) is 3.35. The van der Waals surface area contributed by atoms with Gasteiger partial charge in [-0.3, -0.25) is 9.59 Å². The first kappa shape index (κ1) is 18.8. The van der Waals surface area contributed by atoms with Gasteiger partial charge in [0.25, 0.3) is 5.91 Å².